The van der Waals surface area contributed by atoms with Crippen LogP contribution in [0.5, 0.6) is 0 Å². The molecule has 10 nitrogen and oxygen atoms in total. The highest BCUT2D eigenvalue weighted by atomic mass is 16.6. The monoisotopic (exact) mass is 545 g/mol. The molecule has 0 aliphatic carbocycles. The Morgan fingerprint density at radius 2 is 1.85 bits per heavy atom. The molecule has 0 radical (unpaired) electrons. The summed E-state index contributed by atoms with van der Waals surface area (Å²) >= 11 is 0. The smallest absolute Gasteiger partial charge is 0.313 e. The summed E-state index contributed by atoms with van der Waals surface area (Å²) in [4.78, 5) is 57.3. The Hall–Kier alpha value is -2.72. The first kappa shape index (κ1) is 29.3. The number of rotatable bonds is 9. The van der Waals surface area contributed by atoms with E-state index >= 15 is 0 Å². The third kappa shape index (κ3) is 6.06. The van der Waals surface area contributed by atoms with Crippen molar-refractivity contribution in [3.8, 4) is 0 Å². The van der Waals surface area contributed by atoms with Crippen LogP contribution in [0, 0.1) is 11.8 Å². The zero-order valence-corrected chi connectivity index (χ0v) is 23.2. The summed E-state index contributed by atoms with van der Waals surface area (Å²) in [6.45, 7) is 5.43. The van der Waals surface area contributed by atoms with Crippen molar-refractivity contribution in [2.45, 2.75) is 89.1 Å². The Kier molecular flexibility index (Phi) is 9.82. The molecule has 0 aromatic carbocycles. The number of carbonyl (C=O) groups excluding carboxylic acids is 4. The number of hydrogen-bond donors (Lipinski definition) is 2. The topological polar surface area (TPSA) is 125 Å². The molecule has 4 heterocycles. The van der Waals surface area contributed by atoms with Gasteiger partial charge in [-0.25, -0.2) is 0 Å². The number of aliphatic hydroxyl groups is 1. The molecule has 2 N–H and O–H groups in total. The van der Waals surface area contributed by atoms with Crippen LogP contribution in [0.15, 0.2) is 24.3 Å². The SMILES string of the molecule is CCCCCN1CC=C[C@@]23O[C@H]4/C=C\CCC(=O)NC[C@H](C)OC(=O)[C@H]4[C@@H]2C(=O)N(CCCCCO)[C@H]3C1=O. The van der Waals surface area contributed by atoms with Gasteiger partial charge >= 0.3 is 5.97 Å². The van der Waals surface area contributed by atoms with Gasteiger partial charge < -0.3 is 29.7 Å². The van der Waals surface area contributed by atoms with Crippen LogP contribution in [0.25, 0.3) is 0 Å². The molecule has 216 valence electrons. The predicted octanol–water partition coefficient (Wildman–Crippen LogP) is 1.72. The van der Waals surface area contributed by atoms with E-state index in [-0.39, 0.29) is 37.3 Å². The van der Waals surface area contributed by atoms with Gasteiger partial charge in [-0.2, -0.15) is 0 Å². The third-order valence-electron chi connectivity index (χ3n) is 8.21. The number of carbonyl (C=O) groups is 4. The van der Waals surface area contributed by atoms with Crippen molar-refractivity contribution >= 4 is 23.7 Å². The molecule has 0 saturated carbocycles. The number of nitrogens with zero attached hydrogens (tertiary/aromatic N) is 2. The van der Waals surface area contributed by atoms with Gasteiger partial charge in [0.05, 0.1) is 18.6 Å². The van der Waals surface area contributed by atoms with Crippen LogP contribution in [0.4, 0.5) is 0 Å². The molecule has 0 unspecified atom stereocenters. The second-order valence-corrected chi connectivity index (χ2v) is 11.1. The van der Waals surface area contributed by atoms with Crippen molar-refractivity contribution in [1.29, 1.82) is 0 Å². The minimum atomic E-state index is -1.29. The molecule has 4 aliphatic heterocycles. The van der Waals surface area contributed by atoms with E-state index in [0.29, 0.717) is 38.9 Å². The van der Waals surface area contributed by atoms with Crippen LogP contribution in [0.3, 0.4) is 0 Å². The maximum Gasteiger partial charge on any atom is 0.313 e. The second kappa shape index (κ2) is 13.1. The van der Waals surface area contributed by atoms with E-state index in [1.807, 2.05) is 12.2 Å². The first-order valence-corrected chi connectivity index (χ1v) is 14.5. The summed E-state index contributed by atoms with van der Waals surface area (Å²) < 4.78 is 12.4. The first-order valence-electron chi connectivity index (χ1n) is 14.5. The Balaban J connectivity index is 1.71. The van der Waals surface area contributed by atoms with E-state index in [2.05, 4.69) is 12.2 Å². The number of cyclic esters (lactones) is 1. The van der Waals surface area contributed by atoms with E-state index in [1.54, 1.807) is 28.9 Å². The molecule has 0 aromatic rings. The number of likely N-dealkylation sites (tertiary alicyclic amines) is 1. The molecule has 4 rings (SSSR count). The highest BCUT2D eigenvalue weighted by molar-refractivity contribution is 5.99. The molecule has 10 heteroatoms. The quantitative estimate of drug-likeness (QED) is 0.257. The molecule has 0 aromatic heterocycles. The fraction of sp³-hybridized carbons (Fsp3) is 0.724. The van der Waals surface area contributed by atoms with Crippen LogP contribution in [0.1, 0.15) is 65.2 Å². The van der Waals surface area contributed by atoms with Crippen LogP contribution < -0.4 is 5.32 Å². The lowest BCUT2D eigenvalue weighted by atomic mass is 9.78. The maximum atomic E-state index is 14.1. The largest absolute Gasteiger partial charge is 0.460 e. The molecule has 0 bridgehead atoms. The van der Waals surface area contributed by atoms with Crippen molar-refractivity contribution in [3.05, 3.63) is 24.3 Å². The number of nitrogens with one attached hydrogen (secondary N) is 1. The van der Waals surface area contributed by atoms with Gasteiger partial charge in [0.1, 0.15) is 23.7 Å². The molecule has 2 fully saturated rings. The second-order valence-electron chi connectivity index (χ2n) is 11.1. The summed E-state index contributed by atoms with van der Waals surface area (Å²) in [6, 6.07) is -0.880. The normalized spacial score (nSPS) is 33.9. The summed E-state index contributed by atoms with van der Waals surface area (Å²) in [5, 5.41) is 12.0. The van der Waals surface area contributed by atoms with E-state index < -0.39 is 41.7 Å². The Labute approximate surface area is 230 Å². The molecule has 39 heavy (non-hydrogen) atoms. The summed E-state index contributed by atoms with van der Waals surface area (Å²) in [6.07, 6.45) is 11.6. The number of aliphatic hydroxyl groups excluding tert-OH is 1. The lowest BCUT2D eigenvalue weighted by Crippen LogP contribution is -2.55. The van der Waals surface area contributed by atoms with Gasteiger partial charge in [0, 0.05) is 32.7 Å². The third-order valence-corrected chi connectivity index (χ3v) is 8.21. The lowest BCUT2D eigenvalue weighted by Gasteiger charge is -2.35. The first-order chi connectivity index (χ1) is 18.8. The summed E-state index contributed by atoms with van der Waals surface area (Å²) in [5.74, 6) is -2.94. The predicted molar refractivity (Wildman–Crippen MR) is 143 cm³/mol. The molecule has 2 saturated heterocycles. The Morgan fingerprint density at radius 3 is 2.62 bits per heavy atom. The van der Waals surface area contributed by atoms with Gasteiger partial charge in [-0.3, -0.25) is 19.2 Å². The molecule has 3 amide bonds. The number of ether oxygens (including phenoxy) is 2. The number of esters is 1. The minimum Gasteiger partial charge on any atom is -0.460 e. The minimum absolute atomic E-state index is 0.0699. The van der Waals surface area contributed by atoms with Gasteiger partial charge in [-0.15, -0.1) is 0 Å². The van der Waals surface area contributed by atoms with E-state index in [0.717, 1.165) is 25.7 Å². The van der Waals surface area contributed by atoms with Gasteiger partial charge in [0.2, 0.25) is 17.7 Å². The number of unbranched alkanes of at least 4 members (excludes halogenated alkanes) is 4. The highest BCUT2D eigenvalue weighted by Crippen LogP contribution is 2.53. The number of hydrogen-bond acceptors (Lipinski definition) is 7. The van der Waals surface area contributed by atoms with E-state index in [1.165, 1.54) is 0 Å². The number of fused-ring (bicyclic) bond motifs is 2. The molecule has 6 atom stereocenters. The van der Waals surface area contributed by atoms with E-state index in [9.17, 15) is 24.3 Å². The van der Waals surface area contributed by atoms with Gasteiger partial charge in [0.25, 0.3) is 0 Å². The van der Waals surface area contributed by atoms with Gasteiger partial charge in [-0.05, 0) is 39.0 Å². The fourth-order valence-corrected chi connectivity index (χ4v) is 6.27. The average molecular weight is 546 g/mol. The summed E-state index contributed by atoms with van der Waals surface area (Å²) in [7, 11) is 0. The van der Waals surface area contributed by atoms with Crippen LogP contribution >= 0.6 is 0 Å². The molecular formula is C29H43N3O7. The Bertz CT molecular complexity index is 982. The zero-order chi connectivity index (χ0) is 28.0. The maximum absolute atomic E-state index is 14.1. The number of allylic oxidation sites excluding steroid dienone is 1. The zero-order valence-electron chi connectivity index (χ0n) is 23.2. The van der Waals surface area contributed by atoms with Crippen LogP contribution in [-0.2, 0) is 28.7 Å². The molecule has 1 spiro atoms. The van der Waals surface area contributed by atoms with Crippen molar-refractivity contribution in [2.75, 3.05) is 32.8 Å². The average Bonchev–Trinajstić information content (AvgIpc) is 3.29. The standard InChI is InChI=1S/C29H43N3O7/c1-3-4-8-15-31-16-11-14-29-24(26(35)32(25(29)27(31)36)17-9-5-10-18-33)23-21(39-29)12-6-7-13-22(34)30-19-20(2)38-28(23)37/h6,11-12,14,20-21,23-25,33H,3-5,7-10,13,15-19H2,1-2H3,(H,30,34)/b12-6-/t20-,21-,23+,24+,25-,29+/m0/s1. The number of amides is 3. The highest BCUT2D eigenvalue weighted by Gasteiger charge is 2.71. The van der Waals surface area contributed by atoms with Crippen molar-refractivity contribution in [2.24, 2.45) is 11.8 Å². The lowest BCUT2D eigenvalue weighted by molar-refractivity contribution is -0.158. The Morgan fingerprint density at radius 1 is 1.05 bits per heavy atom. The van der Waals surface area contributed by atoms with Crippen molar-refractivity contribution in [3.63, 3.8) is 0 Å². The van der Waals surface area contributed by atoms with Crippen molar-refractivity contribution < 1.29 is 33.8 Å². The van der Waals surface area contributed by atoms with E-state index in [4.69, 9.17) is 9.47 Å². The summed E-state index contributed by atoms with van der Waals surface area (Å²) in [5.41, 5.74) is -1.29. The van der Waals surface area contributed by atoms with Crippen LogP contribution in [-0.4, -0.2) is 95.2 Å². The van der Waals surface area contributed by atoms with Crippen molar-refractivity contribution in [1.82, 2.24) is 15.1 Å². The van der Waals surface area contributed by atoms with Crippen LogP contribution in [0.2, 0.25) is 0 Å². The van der Waals surface area contributed by atoms with Gasteiger partial charge in [0.15, 0.2) is 0 Å². The molecule has 4 aliphatic rings. The fourth-order valence-electron chi connectivity index (χ4n) is 6.27. The van der Waals surface area contributed by atoms with Gasteiger partial charge in [-0.1, -0.05) is 44.1 Å². The molecular weight excluding hydrogens is 502 g/mol.